The van der Waals surface area contributed by atoms with E-state index in [1.165, 1.54) is 11.8 Å². The highest BCUT2D eigenvalue weighted by Gasteiger charge is 1.98. The van der Waals surface area contributed by atoms with Gasteiger partial charge < -0.3 is 4.98 Å². The van der Waals surface area contributed by atoms with Gasteiger partial charge in [-0.15, -0.1) is 0 Å². The number of aromatic amines is 1. The Kier molecular flexibility index (Phi) is 1.87. The Hall–Kier alpha value is -1.22. The molecule has 1 heterocycles. The lowest BCUT2D eigenvalue weighted by molar-refractivity contribution is 1.09. The first-order valence-corrected chi connectivity index (χ1v) is 4.50. The highest BCUT2D eigenvalue weighted by atomic mass is 32.2. The molecule has 2 nitrogen and oxygen atoms in total. The fourth-order valence-corrected chi connectivity index (χ4v) is 1.54. The van der Waals surface area contributed by atoms with Crippen LogP contribution < -0.4 is 0 Å². The molecule has 2 rings (SSSR count). The Labute approximate surface area is 74.7 Å². The summed E-state index contributed by atoms with van der Waals surface area (Å²) >= 11 is 1.50. The summed E-state index contributed by atoms with van der Waals surface area (Å²) in [4.78, 5) is 7.52. The van der Waals surface area contributed by atoms with Crippen LogP contribution in [-0.2, 0) is 0 Å². The van der Waals surface area contributed by atoms with E-state index in [1.807, 2.05) is 24.3 Å². The number of H-pyrrole nitrogens is 1. The molecule has 1 aromatic heterocycles. The van der Waals surface area contributed by atoms with E-state index in [0.717, 1.165) is 16.2 Å². The monoisotopic (exact) mass is 176 g/mol. The topological polar surface area (TPSA) is 28.7 Å². The van der Waals surface area contributed by atoms with Crippen molar-refractivity contribution in [3.05, 3.63) is 36.3 Å². The number of imidazole rings is 1. The first-order valence-electron chi connectivity index (χ1n) is 3.62. The molecule has 2 aromatic rings. The first kappa shape index (κ1) is 7.43. The van der Waals surface area contributed by atoms with Crippen LogP contribution in [0.5, 0.6) is 0 Å². The van der Waals surface area contributed by atoms with E-state index in [9.17, 15) is 0 Å². The average Bonchev–Trinajstić information content (AvgIpc) is 2.47. The van der Waals surface area contributed by atoms with E-state index < -0.39 is 0 Å². The number of thioether (sulfide) groups is 1. The molecule has 0 unspecified atom stereocenters. The summed E-state index contributed by atoms with van der Waals surface area (Å²) in [5.74, 6) is 0. The number of hydrogen-bond donors (Lipinski definition) is 1. The molecule has 3 heteroatoms. The molecule has 0 aliphatic heterocycles. The lowest BCUT2D eigenvalue weighted by atomic mass is 10.3. The fourth-order valence-electron chi connectivity index (χ4n) is 1.06. The van der Waals surface area contributed by atoms with Crippen molar-refractivity contribution in [3.8, 4) is 0 Å². The lowest BCUT2D eigenvalue weighted by Crippen LogP contribution is -1.67. The maximum Gasteiger partial charge on any atom is 0.170 e. The zero-order chi connectivity index (χ0) is 8.39. The third-order valence-electron chi connectivity index (χ3n) is 1.56. The molecule has 0 bridgehead atoms. The van der Waals surface area contributed by atoms with Gasteiger partial charge in [0.05, 0.1) is 11.0 Å². The highest BCUT2D eigenvalue weighted by Crippen LogP contribution is 2.18. The molecule has 0 aliphatic rings. The van der Waals surface area contributed by atoms with E-state index in [-0.39, 0.29) is 0 Å². The minimum Gasteiger partial charge on any atom is -0.333 e. The van der Waals surface area contributed by atoms with Crippen molar-refractivity contribution in [1.82, 2.24) is 9.97 Å². The molecule has 0 atom stereocenters. The molecule has 12 heavy (non-hydrogen) atoms. The zero-order valence-corrected chi connectivity index (χ0v) is 7.27. The first-order chi connectivity index (χ1) is 5.90. The third-order valence-corrected chi connectivity index (χ3v) is 2.15. The molecule has 0 radical (unpaired) electrons. The molecule has 0 fully saturated rings. The summed E-state index contributed by atoms with van der Waals surface area (Å²) in [6.45, 7) is 3.63. The molecule has 0 saturated carbocycles. The Morgan fingerprint density at radius 1 is 1.42 bits per heavy atom. The average molecular weight is 176 g/mol. The molecule has 0 saturated heterocycles. The molecule has 1 N–H and O–H groups in total. The summed E-state index contributed by atoms with van der Waals surface area (Å²) in [6.07, 6.45) is 0. The molecular formula is C9H8N2S. The normalized spacial score (nSPS) is 10.3. The second kappa shape index (κ2) is 3.03. The SMILES string of the molecule is C=CSc1nc2ccccc2[nH]1. The number of nitrogens with one attached hydrogen (secondary N) is 1. The second-order valence-corrected chi connectivity index (χ2v) is 3.30. The molecule has 0 spiro atoms. The van der Waals surface area contributed by atoms with Gasteiger partial charge in [0.25, 0.3) is 0 Å². The highest BCUT2D eigenvalue weighted by molar-refractivity contribution is 8.02. The van der Waals surface area contributed by atoms with Gasteiger partial charge in [-0.3, -0.25) is 0 Å². The summed E-state index contributed by atoms with van der Waals surface area (Å²) in [5, 5.41) is 2.66. The standard InChI is InChI=1S/C9H8N2S/c1-2-12-9-10-7-5-3-4-6-8(7)11-9/h2-6H,1H2,(H,10,11). The van der Waals surface area contributed by atoms with Crippen molar-refractivity contribution in [3.63, 3.8) is 0 Å². The Bertz CT molecular complexity index is 373. The van der Waals surface area contributed by atoms with Gasteiger partial charge in [0, 0.05) is 0 Å². The number of aromatic nitrogens is 2. The lowest BCUT2D eigenvalue weighted by Gasteiger charge is -1.82. The Balaban J connectivity index is 2.54. The van der Waals surface area contributed by atoms with Gasteiger partial charge >= 0.3 is 0 Å². The smallest absolute Gasteiger partial charge is 0.170 e. The third kappa shape index (κ3) is 1.23. The van der Waals surface area contributed by atoms with Crippen molar-refractivity contribution in [2.75, 3.05) is 0 Å². The number of nitrogens with zero attached hydrogens (tertiary/aromatic N) is 1. The number of para-hydroxylation sites is 2. The van der Waals surface area contributed by atoms with Gasteiger partial charge in [-0.1, -0.05) is 30.5 Å². The maximum absolute atomic E-state index is 4.34. The van der Waals surface area contributed by atoms with Gasteiger partial charge in [-0.25, -0.2) is 4.98 Å². The van der Waals surface area contributed by atoms with Gasteiger partial charge in [0.1, 0.15) is 0 Å². The van der Waals surface area contributed by atoms with Crippen LogP contribution in [0.2, 0.25) is 0 Å². The largest absolute Gasteiger partial charge is 0.333 e. The van der Waals surface area contributed by atoms with Crippen LogP contribution in [0.1, 0.15) is 0 Å². The molecule has 0 aliphatic carbocycles. The summed E-state index contributed by atoms with van der Waals surface area (Å²) in [6, 6.07) is 7.96. The van der Waals surface area contributed by atoms with Crippen LogP contribution in [0.3, 0.4) is 0 Å². The predicted octanol–water partition coefficient (Wildman–Crippen LogP) is 2.80. The summed E-state index contributed by atoms with van der Waals surface area (Å²) in [7, 11) is 0. The maximum atomic E-state index is 4.34. The van der Waals surface area contributed by atoms with E-state index >= 15 is 0 Å². The van der Waals surface area contributed by atoms with Crippen LogP contribution in [0.25, 0.3) is 11.0 Å². The van der Waals surface area contributed by atoms with E-state index in [2.05, 4.69) is 16.5 Å². The van der Waals surface area contributed by atoms with Crippen LogP contribution in [-0.4, -0.2) is 9.97 Å². The van der Waals surface area contributed by atoms with Crippen LogP contribution in [0.4, 0.5) is 0 Å². The van der Waals surface area contributed by atoms with Crippen molar-refractivity contribution < 1.29 is 0 Å². The van der Waals surface area contributed by atoms with Crippen molar-refractivity contribution >= 4 is 22.8 Å². The van der Waals surface area contributed by atoms with Crippen LogP contribution >= 0.6 is 11.8 Å². The molecular weight excluding hydrogens is 168 g/mol. The van der Waals surface area contributed by atoms with E-state index in [4.69, 9.17) is 0 Å². The zero-order valence-electron chi connectivity index (χ0n) is 6.45. The minimum atomic E-state index is 0.895. The van der Waals surface area contributed by atoms with E-state index in [0.29, 0.717) is 0 Å². The Morgan fingerprint density at radius 3 is 3.00 bits per heavy atom. The van der Waals surface area contributed by atoms with Crippen molar-refractivity contribution in [1.29, 1.82) is 0 Å². The van der Waals surface area contributed by atoms with Gasteiger partial charge in [0.15, 0.2) is 5.16 Å². The molecule has 60 valence electrons. The summed E-state index contributed by atoms with van der Waals surface area (Å²) in [5.41, 5.74) is 2.07. The second-order valence-electron chi connectivity index (χ2n) is 2.34. The van der Waals surface area contributed by atoms with Gasteiger partial charge in [-0.2, -0.15) is 0 Å². The van der Waals surface area contributed by atoms with Crippen molar-refractivity contribution in [2.45, 2.75) is 5.16 Å². The minimum absolute atomic E-state index is 0.895. The van der Waals surface area contributed by atoms with Crippen LogP contribution in [0, 0.1) is 0 Å². The van der Waals surface area contributed by atoms with Gasteiger partial charge in [0.2, 0.25) is 0 Å². The molecule has 1 aromatic carbocycles. The number of fused-ring (bicyclic) bond motifs is 1. The van der Waals surface area contributed by atoms with Crippen molar-refractivity contribution in [2.24, 2.45) is 0 Å². The van der Waals surface area contributed by atoms with Crippen LogP contribution in [0.15, 0.2) is 41.4 Å². The number of benzene rings is 1. The fraction of sp³-hybridized carbons (Fsp3) is 0. The predicted molar refractivity (Wildman–Crippen MR) is 52.1 cm³/mol. The summed E-state index contributed by atoms with van der Waals surface area (Å²) < 4.78 is 0. The quantitative estimate of drug-likeness (QED) is 0.713. The van der Waals surface area contributed by atoms with Gasteiger partial charge in [-0.05, 0) is 17.5 Å². The Morgan fingerprint density at radius 2 is 2.25 bits per heavy atom. The van der Waals surface area contributed by atoms with E-state index in [1.54, 1.807) is 5.41 Å². The number of rotatable bonds is 2. The molecule has 0 amide bonds. The number of hydrogen-bond acceptors (Lipinski definition) is 2.